The second kappa shape index (κ2) is 5.94. The van der Waals surface area contributed by atoms with Gasteiger partial charge in [-0.3, -0.25) is 9.59 Å². The third-order valence-electron chi connectivity index (χ3n) is 4.67. The molecule has 2 aromatic rings. The lowest BCUT2D eigenvalue weighted by Gasteiger charge is -2.14. The topological polar surface area (TPSA) is 96.3 Å². The monoisotopic (exact) mass is 344 g/mol. The first-order valence-corrected chi connectivity index (χ1v) is 8.70. The molecule has 2 fully saturated rings. The van der Waals surface area contributed by atoms with Gasteiger partial charge < -0.3 is 10.0 Å². The standard InChI is InChI=1S/C16H16N4O3S/c21-15(12-6-19-14(24-12)13-17-4-1-5-18-13)20-7-10(9-2-3-9)11(8-20)16(22)23/h1,4-6,9-11H,2-3,7-8H2,(H,22,23)/t10-,11+/m1/s1. The summed E-state index contributed by atoms with van der Waals surface area (Å²) in [6.45, 7) is 0.805. The van der Waals surface area contributed by atoms with Crippen molar-refractivity contribution in [1.82, 2.24) is 19.9 Å². The molecule has 4 rings (SSSR count). The van der Waals surface area contributed by atoms with Crippen LogP contribution in [0.4, 0.5) is 0 Å². The van der Waals surface area contributed by atoms with E-state index in [1.165, 1.54) is 17.5 Å². The van der Waals surface area contributed by atoms with Gasteiger partial charge in [0.1, 0.15) is 4.88 Å². The third kappa shape index (κ3) is 2.77. The summed E-state index contributed by atoms with van der Waals surface area (Å²) in [4.78, 5) is 38.8. The summed E-state index contributed by atoms with van der Waals surface area (Å²) >= 11 is 1.24. The average molecular weight is 344 g/mol. The molecule has 2 aromatic heterocycles. The number of likely N-dealkylation sites (tertiary alicyclic amines) is 1. The molecular formula is C16H16N4O3S. The fraction of sp³-hybridized carbons (Fsp3) is 0.438. The van der Waals surface area contributed by atoms with Gasteiger partial charge in [-0.25, -0.2) is 15.0 Å². The highest BCUT2D eigenvalue weighted by Gasteiger charge is 2.47. The van der Waals surface area contributed by atoms with Gasteiger partial charge in [-0.15, -0.1) is 11.3 Å². The lowest BCUT2D eigenvalue weighted by Crippen LogP contribution is -2.29. The minimum absolute atomic E-state index is 0.0799. The van der Waals surface area contributed by atoms with Crippen molar-refractivity contribution < 1.29 is 14.7 Å². The van der Waals surface area contributed by atoms with E-state index >= 15 is 0 Å². The Morgan fingerprint density at radius 1 is 1.17 bits per heavy atom. The zero-order valence-corrected chi connectivity index (χ0v) is 13.6. The number of hydrogen-bond acceptors (Lipinski definition) is 6. The number of hydrogen-bond donors (Lipinski definition) is 1. The normalized spacial score (nSPS) is 23.4. The molecule has 1 saturated carbocycles. The van der Waals surface area contributed by atoms with Crippen LogP contribution in [-0.4, -0.2) is 49.9 Å². The predicted molar refractivity (Wildman–Crippen MR) is 86.4 cm³/mol. The van der Waals surface area contributed by atoms with Gasteiger partial charge in [-0.1, -0.05) is 0 Å². The first-order chi connectivity index (χ1) is 11.6. The maximum atomic E-state index is 12.7. The summed E-state index contributed by atoms with van der Waals surface area (Å²) in [5.41, 5.74) is 0. The molecule has 1 N–H and O–H groups in total. The third-order valence-corrected chi connectivity index (χ3v) is 5.65. The molecule has 124 valence electrons. The van der Waals surface area contributed by atoms with Crippen molar-refractivity contribution in [2.45, 2.75) is 12.8 Å². The van der Waals surface area contributed by atoms with Gasteiger partial charge in [0, 0.05) is 25.5 Å². The Morgan fingerprint density at radius 2 is 1.92 bits per heavy atom. The zero-order valence-electron chi connectivity index (χ0n) is 12.8. The van der Waals surface area contributed by atoms with Gasteiger partial charge in [-0.2, -0.15) is 0 Å². The van der Waals surface area contributed by atoms with Crippen molar-refractivity contribution in [3.63, 3.8) is 0 Å². The van der Waals surface area contributed by atoms with E-state index in [9.17, 15) is 14.7 Å². The fourth-order valence-electron chi connectivity index (χ4n) is 3.30. The van der Waals surface area contributed by atoms with Crippen molar-refractivity contribution in [1.29, 1.82) is 0 Å². The van der Waals surface area contributed by atoms with Crippen LogP contribution in [0.25, 0.3) is 10.8 Å². The van der Waals surface area contributed by atoms with E-state index in [0.717, 1.165) is 12.8 Å². The number of amides is 1. The highest BCUT2D eigenvalue weighted by Crippen LogP contribution is 2.44. The van der Waals surface area contributed by atoms with Gasteiger partial charge in [0.2, 0.25) is 0 Å². The smallest absolute Gasteiger partial charge is 0.308 e. The molecule has 24 heavy (non-hydrogen) atoms. The summed E-state index contributed by atoms with van der Waals surface area (Å²) in [7, 11) is 0. The molecule has 2 atom stereocenters. The Labute approximate surface area is 142 Å². The number of rotatable bonds is 4. The molecule has 2 aliphatic rings. The molecule has 0 unspecified atom stereocenters. The molecule has 0 bridgehead atoms. The highest BCUT2D eigenvalue weighted by molar-refractivity contribution is 7.16. The first-order valence-electron chi connectivity index (χ1n) is 7.89. The van der Waals surface area contributed by atoms with E-state index in [-0.39, 0.29) is 18.4 Å². The molecule has 0 spiro atoms. The van der Waals surface area contributed by atoms with E-state index in [1.807, 2.05) is 0 Å². The van der Waals surface area contributed by atoms with E-state index < -0.39 is 11.9 Å². The van der Waals surface area contributed by atoms with Crippen LogP contribution < -0.4 is 0 Å². The molecule has 8 heteroatoms. The molecule has 0 aromatic carbocycles. The molecule has 1 aliphatic heterocycles. The van der Waals surface area contributed by atoms with Crippen LogP contribution in [0, 0.1) is 17.8 Å². The number of carboxylic acid groups (broad SMARTS) is 1. The van der Waals surface area contributed by atoms with Crippen molar-refractivity contribution in [3.05, 3.63) is 29.5 Å². The van der Waals surface area contributed by atoms with Gasteiger partial charge in [0.25, 0.3) is 5.91 Å². The van der Waals surface area contributed by atoms with Crippen LogP contribution in [0.5, 0.6) is 0 Å². The van der Waals surface area contributed by atoms with Crippen LogP contribution in [0.2, 0.25) is 0 Å². The minimum atomic E-state index is -0.801. The Kier molecular flexibility index (Phi) is 3.76. The van der Waals surface area contributed by atoms with Crippen molar-refractivity contribution >= 4 is 23.2 Å². The number of carboxylic acids is 1. The molecule has 1 aliphatic carbocycles. The molecule has 7 nitrogen and oxygen atoms in total. The lowest BCUT2D eigenvalue weighted by atomic mass is 9.92. The SMILES string of the molecule is O=C(O)[C@H]1CN(C(=O)c2cnc(-c3ncccn3)s2)C[C@@H]1C1CC1. The largest absolute Gasteiger partial charge is 0.481 e. The summed E-state index contributed by atoms with van der Waals surface area (Å²) in [6.07, 6.45) is 6.94. The van der Waals surface area contributed by atoms with Gasteiger partial charge in [-0.05, 0) is 30.7 Å². The maximum absolute atomic E-state index is 12.7. The van der Waals surface area contributed by atoms with E-state index in [4.69, 9.17) is 0 Å². The Morgan fingerprint density at radius 3 is 2.58 bits per heavy atom. The Hall–Kier alpha value is -2.35. The highest BCUT2D eigenvalue weighted by atomic mass is 32.1. The van der Waals surface area contributed by atoms with Crippen LogP contribution in [0.1, 0.15) is 22.5 Å². The maximum Gasteiger partial charge on any atom is 0.308 e. The number of nitrogens with zero attached hydrogens (tertiary/aromatic N) is 4. The zero-order chi connectivity index (χ0) is 16.7. The van der Waals surface area contributed by atoms with Gasteiger partial charge in [0.05, 0.1) is 12.1 Å². The lowest BCUT2D eigenvalue weighted by molar-refractivity contribution is -0.142. The van der Waals surface area contributed by atoms with Crippen LogP contribution in [0.15, 0.2) is 24.7 Å². The van der Waals surface area contributed by atoms with E-state index in [0.29, 0.717) is 28.2 Å². The molecule has 1 saturated heterocycles. The quantitative estimate of drug-likeness (QED) is 0.908. The number of aromatic nitrogens is 3. The Bertz CT molecular complexity index is 775. The number of carbonyl (C=O) groups excluding carboxylic acids is 1. The summed E-state index contributed by atoms with van der Waals surface area (Å²) in [5.74, 6) is -0.377. The van der Waals surface area contributed by atoms with Crippen molar-refractivity contribution in [3.8, 4) is 10.8 Å². The van der Waals surface area contributed by atoms with Crippen molar-refractivity contribution in [2.24, 2.45) is 17.8 Å². The van der Waals surface area contributed by atoms with Gasteiger partial charge in [0.15, 0.2) is 10.8 Å². The van der Waals surface area contributed by atoms with E-state index in [1.54, 1.807) is 23.4 Å². The minimum Gasteiger partial charge on any atom is -0.481 e. The molecule has 1 amide bonds. The molecule has 0 radical (unpaired) electrons. The van der Waals surface area contributed by atoms with Gasteiger partial charge >= 0.3 is 5.97 Å². The fourth-order valence-corrected chi connectivity index (χ4v) is 4.13. The first kappa shape index (κ1) is 15.2. The number of thiazole rings is 1. The second-order valence-corrected chi connectivity index (χ2v) is 7.29. The summed E-state index contributed by atoms with van der Waals surface area (Å²) in [6, 6.07) is 1.72. The summed E-state index contributed by atoms with van der Waals surface area (Å²) < 4.78 is 0. The molecular weight excluding hydrogens is 328 g/mol. The van der Waals surface area contributed by atoms with Crippen LogP contribution >= 0.6 is 11.3 Å². The predicted octanol–water partition coefficient (Wildman–Crippen LogP) is 1.78. The summed E-state index contributed by atoms with van der Waals surface area (Å²) in [5, 5.41) is 10.0. The van der Waals surface area contributed by atoms with Crippen LogP contribution in [-0.2, 0) is 4.79 Å². The molecule has 3 heterocycles. The second-order valence-electron chi connectivity index (χ2n) is 6.26. The average Bonchev–Trinajstić information content (AvgIpc) is 3.15. The number of carbonyl (C=O) groups is 2. The number of aliphatic carboxylic acids is 1. The van der Waals surface area contributed by atoms with Crippen molar-refractivity contribution in [2.75, 3.05) is 13.1 Å². The van der Waals surface area contributed by atoms with E-state index in [2.05, 4.69) is 15.0 Å². The Balaban J connectivity index is 1.52. The van der Waals surface area contributed by atoms with Crippen LogP contribution in [0.3, 0.4) is 0 Å².